The van der Waals surface area contributed by atoms with E-state index < -0.39 is 0 Å². The van der Waals surface area contributed by atoms with Crippen LogP contribution in [-0.4, -0.2) is 15.6 Å². The fourth-order valence-electron chi connectivity index (χ4n) is 0.381. The van der Waals surface area contributed by atoms with Gasteiger partial charge in [-0.3, -0.25) is 9.78 Å². The number of nitrogens with zero attached hydrogens (tertiary/aromatic N) is 2. The molecule has 0 spiro atoms. The number of rotatable bonds is 2. The van der Waals surface area contributed by atoms with Gasteiger partial charge in [0.2, 0.25) is 0 Å². The standard InChI is InChI=1S/C5H3N2OS/c8-4-9-5-3-6-1-2-7-5/h1-3H. The Balaban J connectivity index is 2.72. The molecule has 1 radical (unpaired) electrons. The number of hydrogen-bond donors (Lipinski definition) is 0. The zero-order valence-corrected chi connectivity index (χ0v) is 5.26. The minimum atomic E-state index is 0.576. The summed E-state index contributed by atoms with van der Waals surface area (Å²) in [5, 5.41) is 0.576. The Labute approximate surface area is 56.5 Å². The van der Waals surface area contributed by atoms with Gasteiger partial charge in [0.25, 0.3) is 5.62 Å². The van der Waals surface area contributed by atoms with Gasteiger partial charge in [0.05, 0.1) is 6.20 Å². The number of aromatic nitrogens is 2. The van der Waals surface area contributed by atoms with Crippen LogP contribution in [0.4, 0.5) is 0 Å². The zero-order chi connectivity index (χ0) is 6.53. The second kappa shape index (κ2) is 3.19. The van der Waals surface area contributed by atoms with E-state index >= 15 is 0 Å². The molecule has 0 unspecified atom stereocenters. The van der Waals surface area contributed by atoms with Crippen molar-refractivity contribution < 1.29 is 4.79 Å². The number of hydrogen-bond acceptors (Lipinski definition) is 4. The third-order valence-electron chi connectivity index (χ3n) is 0.686. The van der Waals surface area contributed by atoms with Crippen molar-refractivity contribution in [3.05, 3.63) is 18.6 Å². The lowest BCUT2D eigenvalue weighted by atomic mass is 10.8. The smallest absolute Gasteiger partial charge is 0.272 e. The molecule has 1 aromatic rings. The van der Waals surface area contributed by atoms with Crippen molar-refractivity contribution in [3.63, 3.8) is 0 Å². The quantitative estimate of drug-likeness (QED) is 0.564. The number of thioether (sulfide) groups is 1. The van der Waals surface area contributed by atoms with E-state index in [4.69, 9.17) is 0 Å². The molecule has 1 aromatic heterocycles. The molecular weight excluding hydrogens is 136 g/mol. The van der Waals surface area contributed by atoms with E-state index in [1.807, 2.05) is 0 Å². The third kappa shape index (κ3) is 1.81. The van der Waals surface area contributed by atoms with Gasteiger partial charge in [-0.2, -0.15) is 0 Å². The van der Waals surface area contributed by atoms with Crippen LogP contribution in [-0.2, 0) is 4.79 Å². The molecule has 0 aliphatic carbocycles. The van der Waals surface area contributed by atoms with Crippen molar-refractivity contribution in [1.82, 2.24) is 9.97 Å². The van der Waals surface area contributed by atoms with Gasteiger partial charge in [-0.25, -0.2) is 4.98 Å². The summed E-state index contributed by atoms with van der Waals surface area (Å²) in [5.41, 5.74) is 1.65. The van der Waals surface area contributed by atoms with Gasteiger partial charge in [0.15, 0.2) is 0 Å². The van der Waals surface area contributed by atoms with Gasteiger partial charge in [-0.15, -0.1) is 0 Å². The summed E-state index contributed by atoms with van der Waals surface area (Å²) >= 11 is 0.896. The normalized spacial score (nSPS) is 8.89. The minimum Gasteiger partial charge on any atom is -0.277 e. The van der Waals surface area contributed by atoms with Crippen LogP contribution in [0, 0.1) is 0 Å². The van der Waals surface area contributed by atoms with Gasteiger partial charge < -0.3 is 0 Å². The maximum Gasteiger partial charge on any atom is 0.272 e. The minimum absolute atomic E-state index is 0.576. The molecule has 4 heteroatoms. The summed E-state index contributed by atoms with van der Waals surface area (Å²) in [5.74, 6) is 0. The first-order valence-corrected chi connectivity index (χ1v) is 3.05. The van der Waals surface area contributed by atoms with E-state index in [0.717, 1.165) is 11.8 Å². The van der Waals surface area contributed by atoms with Crippen molar-refractivity contribution in [3.8, 4) is 0 Å². The fraction of sp³-hybridized carbons (Fsp3) is 0. The Kier molecular flexibility index (Phi) is 2.21. The van der Waals surface area contributed by atoms with E-state index in [-0.39, 0.29) is 0 Å². The summed E-state index contributed by atoms with van der Waals surface area (Å²) in [7, 11) is 0. The first-order valence-electron chi connectivity index (χ1n) is 2.23. The predicted octanol–water partition coefficient (Wildman–Crippen LogP) is 0.636. The Hall–Kier alpha value is -0.900. The molecule has 9 heavy (non-hydrogen) atoms. The topological polar surface area (TPSA) is 42.9 Å². The highest BCUT2D eigenvalue weighted by molar-refractivity contribution is 8.11. The summed E-state index contributed by atoms with van der Waals surface area (Å²) in [6.45, 7) is 0. The molecule has 0 amide bonds. The summed E-state index contributed by atoms with van der Waals surface area (Å²) in [6, 6.07) is 0. The maximum absolute atomic E-state index is 9.74. The molecule has 0 aliphatic heterocycles. The van der Waals surface area contributed by atoms with Crippen molar-refractivity contribution in [2.45, 2.75) is 5.03 Å². The van der Waals surface area contributed by atoms with E-state index in [2.05, 4.69) is 9.97 Å². The lowest BCUT2D eigenvalue weighted by molar-refractivity contribution is 0.570. The largest absolute Gasteiger partial charge is 0.277 e. The van der Waals surface area contributed by atoms with Crippen molar-refractivity contribution in [2.24, 2.45) is 0 Å². The van der Waals surface area contributed by atoms with Crippen LogP contribution in [0.15, 0.2) is 23.6 Å². The van der Waals surface area contributed by atoms with Gasteiger partial charge in [0, 0.05) is 12.4 Å². The van der Waals surface area contributed by atoms with Crippen LogP contribution < -0.4 is 0 Å². The molecular formula is C5H3N2OS. The summed E-state index contributed by atoms with van der Waals surface area (Å²) in [4.78, 5) is 17.3. The fourth-order valence-corrected chi connectivity index (χ4v) is 0.693. The summed E-state index contributed by atoms with van der Waals surface area (Å²) in [6.07, 6.45) is 4.59. The molecule has 3 nitrogen and oxygen atoms in total. The van der Waals surface area contributed by atoms with Crippen LogP contribution in [0.3, 0.4) is 0 Å². The average Bonchev–Trinajstić information content (AvgIpc) is 1.91. The molecule has 0 atom stereocenters. The Morgan fingerprint density at radius 2 is 2.44 bits per heavy atom. The van der Waals surface area contributed by atoms with Crippen molar-refractivity contribution >= 4 is 17.4 Å². The highest BCUT2D eigenvalue weighted by atomic mass is 32.2. The monoisotopic (exact) mass is 139 g/mol. The molecule has 0 aromatic carbocycles. The van der Waals surface area contributed by atoms with E-state index in [1.165, 1.54) is 12.4 Å². The summed E-state index contributed by atoms with van der Waals surface area (Å²) < 4.78 is 0. The second-order valence-electron chi connectivity index (χ2n) is 1.23. The molecule has 0 aliphatic rings. The van der Waals surface area contributed by atoms with Crippen LogP contribution in [0.25, 0.3) is 0 Å². The van der Waals surface area contributed by atoms with Crippen molar-refractivity contribution in [1.29, 1.82) is 0 Å². The average molecular weight is 139 g/mol. The molecule has 0 saturated heterocycles. The lowest BCUT2D eigenvalue weighted by Crippen LogP contribution is -1.78. The van der Waals surface area contributed by atoms with Gasteiger partial charge in [-0.05, 0) is 11.8 Å². The zero-order valence-electron chi connectivity index (χ0n) is 4.44. The second-order valence-corrected chi connectivity index (χ2v) is 2.02. The van der Waals surface area contributed by atoms with Crippen LogP contribution >= 0.6 is 11.8 Å². The Morgan fingerprint density at radius 1 is 1.56 bits per heavy atom. The predicted molar refractivity (Wildman–Crippen MR) is 33.6 cm³/mol. The molecule has 0 bridgehead atoms. The molecule has 0 saturated carbocycles. The SMILES string of the molecule is O=[C]Sc1cnccn1. The molecule has 1 heterocycles. The molecule has 0 N–H and O–H groups in total. The maximum atomic E-state index is 9.74. The molecule has 0 fully saturated rings. The highest BCUT2D eigenvalue weighted by Gasteiger charge is 1.89. The van der Waals surface area contributed by atoms with Gasteiger partial charge in [0.1, 0.15) is 5.03 Å². The Bertz CT molecular complexity index is 189. The number of carbonyl (C=O) groups excluding carboxylic acids is 1. The van der Waals surface area contributed by atoms with Crippen LogP contribution in [0.1, 0.15) is 0 Å². The lowest BCUT2D eigenvalue weighted by Gasteiger charge is -1.86. The first kappa shape index (κ1) is 6.22. The molecule has 1 rings (SSSR count). The van der Waals surface area contributed by atoms with Gasteiger partial charge >= 0.3 is 0 Å². The van der Waals surface area contributed by atoms with E-state index in [9.17, 15) is 4.79 Å². The third-order valence-corrected chi connectivity index (χ3v) is 1.19. The molecule has 45 valence electrons. The van der Waals surface area contributed by atoms with E-state index in [0.29, 0.717) is 5.03 Å². The van der Waals surface area contributed by atoms with Crippen molar-refractivity contribution in [2.75, 3.05) is 0 Å². The van der Waals surface area contributed by atoms with Crippen LogP contribution in [0.2, 0.25) is 0 Å². The first-order chi connectivity index (χ1) is 4.43. The van der Waals surface area contributed by atoms with Crippen LogP contribution in [0.5, 0.6) is 0 Å². The Morgan fingerprint density at radius 3 is 3.00 bits per heavy atom. The van der Waals surface area contributed by atoms with E-state index in [1.54, 1.807) is 11.8 Å². The highest BCUT2D eigenvalue weighted by Crippen LogP contribution is 2.06. The van der Waals surface area contributed by atoms with Gasteiger partial charge in [-0.1, -0.05) is 0 Å².